The van der Waals surface area contributed by atoms with Gasteiger partial charge in [0, 0.05) is 11.6 Å². The molecule has 0 saturated heterocycles. The monoisotopic (exact) mass is 266 g/mol. The first-order chi connectivity index (χ1) is 6.43. The van der Waals surface area contributed by atoms with E-state index >= 15 is 0 Å². The SMILES string of the molecule is O=C(O)C(O)c1cc(Br)c(F)cc1F. The van der Waals surface area contributed by atoms with Crippen molar-refractivity contribution in [2.24, 2.45) is 0 Å². The number of rotatable bonds is 2. The highest BCUT2D eigenvalue weighted by Crippen LogP contribution is 2.24. The number of aliphatic carboxylic acids is 1. The maximum absolute atomic E-state index is 13.0. The molecule has 0 aromatic heterocycles. The van der Waals surface area contributed by atoms with Crippen LogP contribution in [0.15, 0.2) is 16.6 Å². The van der Waals surface area contributed by atoms with Crippen LogP contribution in [0, 0.1) is 11.6 Å². The van der Waals surface area contributed by atoms with Crippen LogP contribution in [0.5, 0.6) is 0 Å². The molecule has 0 aliphatic rings. The van der Waals surface area contributed by atoms with Gasteiger partial charge < -0.3 is 10.2 Å². The molecule has 0 spiro atoms. The normalized spacial score (nSPS) is 12.6. The topological polar surface area (TPSA) is 57.5 Å². The Bertz CT molecular complexity index is 381. The number of carboxylic acids is 1. The predicted molar refractivity (Wildman–Crippen MR) is 46.7 cm³/mol. The molecule has 0 amide bonds. The molecular weight excluding hydrogens is 262 g/mol. The van der Waals surface area contributed by atoms with Crippen molar-refractivity contribution >= 4 is 21.9 Å². The molecular formula is C8H5BrF2O3. The molecule has 1 aromatic carbocycles. The highest BCUT2D eigenvalue weighted by Gasteiger charge is 2.21. The van der Waals surface area contributed by atoms with E-state index < -0.39 is 29.3 Å². The van der Waals surface area contributed by atoms with Crippen LogP contribution in [0.2, 0.25) is 0 Å². The van der Waals surface area contributed by atoms with Crippen molar-refractivity contribution in [3.63, 3.8) is 0 Å². The molecule has 0 aliphatic carbocycles. The molecule has 0 fully saturated rings. The maximum Gasteiger partial charge on any atom is 0.337 e. The summed E-state index contributed by atoms with van der Waals surface area (Å²) in [4.78, 5) is 10.3. The summed E-state index contributed by atoms with van der Waals surface area (Å²) in [6.07, 6.45) is -1.99. The molecule has 0 heterocycles. The van der Waals surface area contributed by atoms with E-state index in [0.717, 1.165) is 6.07 Å². The number of carbonyl (C=O) groups is 1. The minimum absolute atomic E-state index is 0.103. The third-order valence-electron chi connectivity index (χ3n) is 1.57. The molecule has 76 valence electrons. The Labute approximate surface area is 86.1 Å². The van der Waals surface area contributed by atoms with Gasteiger partial charge in [0.05, 0.1) is 4.47 Å². The van der Waals surface area contributed by atoms with E-state index in [1.54, 1.807) is 0 Å². The van der Waals surface area contributed by atoms with Crippen LogP contribution in [0.25, 0.3) is 0 Å². The second-order valence-corrected chi connectivity index (χ2v) is 3.38. The third-order valence-corrected chi connectivity index (χ3v) is 2.18. The lowest BCUT2D eigenvalue weighted by molar-refractivity contribution is -0.147. The van der Waals surface area contributed by atoms with E-state index in [-0.39, 0.29) is 4.47 Å². The molecule has 0 saturated carbocycles. The molecule has 1 aromatic rings. The lowest BCUT2D eigenvalue weighted by Gasteiger charge is -2.07. The van der Waals surface area contributed by atoms with Crippen molar-refractivity contribution in [1.29, 1.82) is 0 Å². The summed E-state index contributed by atoms with van der Waals surface area (Å²) in [5, 5.41) is 17.4. The molecule has 1 rings (SSSR count). The van der Waals surface area contributed by atoms with Crippen LogP contribution in [0.4, 0.5) is 8.78 Å². The van der Waals surface area contributed by atoms with E-state index in [9.17, 15) is 13.6 Å². The van der Waals surface area contributed by atoms with Crippen molar-refractivity contribution in [2.75, 3.05) is 0 Å². The number of hydrogen-bond donors (Lipinski definition) is 2. The van der Waals surface area contributed by atoms with Crippen LogP contribution in [0.3, 0.4) is 0 Å². The van der Waals surface area contributed by atoms with Crippen molar-refractivity contribution in [2.45, 2.75) is 6.10 Å². The number of benzene rings is 1. The lowest BCUT2D eigenvalue weighted by atomic mass is 10.1. The molecule has 3 nitrogen and oxygen atoms in total. The van der Waals surface area contributed by atoms with Crippen molar-refractivity contribution in [3.8, 4) is 0 Å². The lowest BCUT2D eigenvalue weighted by Crippen LogP contribution is -2.12. The first-order valence-electron chi connectivity index (χ1n) is 3.48. The predicted octanol–water partition coefficient (Wildman–Crippen LogP) is 1.85. The summed E-state index contributed by atoms with van der Waals surface area (Å²) in [6.45, 7) is 0. The highest BCUT2D eigenvalue weighted by molar-refractivity contribution is 9.10. The Morgan fingerprint density at radius 2 is 1.93 bits per heavy atom. The van der Waals surface area contributed by atoms with Gasteiger partial charge in [0.25, 0.3) is 0 Å². The van der Waals surface area contributed by atoms with Crippen molar-refractivity contribution in [1.82, 2.24) is 0 Å². The molecule has 0 radical (unpaired) electrons. The molecule has 6 heteroatoms. The summed E-state index contributed by atoms with van der Waals surface area (Å²) >= 11 is 2.75. The van der Waals surface area contributed by atoms with Gasteiger partial charge in [0.15, 0.2) is 6.10 Å². The number of halogens is 3. The smallest absolute Gasteiger partial charge is 0.337 e. The van der Waals surface area contributed by atoms with E-state index in [1.807, 2.05) is 0 Å². The van der Waals surface area contributed by atoms with Gasteiger partial charge in [-0.2, -0.15) is 0 Å². The Morgan fingerprint density at radius 3 is 2.43 bits per heavy atom. The first kappa shape index (κ1) is 11.1. The number of aliphatic hydroxyl groups excluding tert-OH is 1. The van der Waals surface area contributed by atoms with Gasteiger partial charge in [-0.15, -0.1) is 0 Å². The van der Waals surface area contributed by atoms with Gasteiger partial charge in [0.2, 0.25) is 0 Å². The Balaban J connectivity index is 3.22. The number of aliphatic hydroxyl groups is 1. The van der Waals surface area contributed by atoms with E-state index in [1.165, 1.54) is 0 Å². The minimum Gasteiger partial charge on any atom is -0.479 e. The molecule has 1 unspecified atom stereocenters. The maximum atomic E-state index is 13.0. The standard InChI is InChI=1S/C8H5BrF2O3/c9-4-1-3(7(12)8(13)14)5(10)2-6(4)11/h1-2,7,12H,(H,13,14). The third kappa shape index (κ3) is 2.08. The zero-order valence-electron chi connectivity index (χ0n) is 6.67. The van der Waals surface area contributed by atoms with Gasteiger partial charge >= 0.3 is 5.97 Å². The van der Waals surface area contributed by atoms with Gasteiger partial charge in [-0.25, -0.2) is 13.6 Å². The van der Waals surface area contributed by atoms with Gasteiger partial charge in [-0.1, -0.05) is 0 Å². The molecule has 0 bridgehead atoms. The van der Waals surface area contributed by atoms with Crippen LogP contribution < -0.4 is 0 Å². The average molecular weight is 267 g/mol. The fourth-order valence-corrected chi connectivity index (χ4v) is 1.24. The van der Waals surface area contributed by atoms with Crippen LogP contribution in [-0.2, 0) is 4.79 Å². The fraction of sp³-hybridized carbons (Fsp3) is 0.125. The number of hydrogen-bond acceptors (Lipinski definition) is 2. The average Bonchev–Trinajstić information content (AvgIpc) is 2.10. The van der Waals surface area contributed by atoms with Crippen molar-refractivity contribution < 1.29 is 23.8 Å². The molecule has 1 atom stereocenters. The Hall–Kier alpha value is -1.01. The summed E-state index contributed by atoms with van der Waals surface area (Å²) < 4.78 is 25.6. The largest absolute Gasteiger partial charge is 0.479 e. The molecule has 2 N–H and O–H groups in total. The zero-order chi connectivity index (χ0) is 10.9. The van der Waals surface area contributed by atoms with E-state index in [2.05, 4.69) is 15.9 Å². The second kappa shape index (κ2) is 4.02. The quantitative estimate of drug-likeness (QED) is 0.804. The summed E-state index contributed by atoms with van der Waals surface area (Å²) in [6, 6.07) is 1.40. The van der Waals surface area contributed by atoms with Gasteiger partial charge in [-0.05, 0) is 22.0 Å². The Kier molecular flexibility index (Phi) is 3.17. The minimum atomic E-state index is -1.99. The summed E-state index contributed by atoms with van der Waals surface area (Å²) in [5.41, 5.74) is -0.481. The molecule has 0 aliphatic heterocycles. The van der Waals surface area contributed by atoms with Crippen LogP contribution in [-0.4, -0.2) is 16.2 Å². The van der Waals surface area contributed by atoms with E-state index in [4.69, 9.17) is 10.2 Å². The Morgan fingerprint density at radius 1 is 1.36 bits per heavy atom. The second-order valence-electron chi connectivity index (χ2n) is 2.53. The molecule has 14 heavy (non-hydrogen) atoms. The number of carboxylic acid groups (broad SMARTS) is 1. The van der Waals surface area contributed by atoms with Crippen LogP contribution >= 0.6 is 15.9 Å². The van der Waals surface area contributed by atoms with E-state index in [0.29, 0.717) is 6.07 Å². The zero-order valence-corrected chi connectivity index (χ0v) is 8.25. The summed E-state index contributed by atoms with van der Waals surface area (Å²) in [5.74, 6) is -3.55. The van der Waals surface area contributed by atoms with Gasteiger partial charge in [-0.3, -0.25) is 0 Å². The first-order valence-corrected chi connectivity index (χ1v) is 4.28. The summed E-state index contributed by atoms with van der Waals surface area (Å²) in [7, 11) is 0. The van der Waals surface area contributed by atoms with Crippen LogP contribution in [0.1, 0.15) is 11.7 Å². The van der Waals surface area contributed by atoms with Crippen molar-refractivity contribution in [3.05, 3.63) is 33.8 Å². The highest BCUT2D eigenvalue weighted by atomic mass is 79.9. The van der Waals surface area contributed by atoms with Gasteiger partial charge in [0.1, 0.15) is 11.6 Å². The fourth-order valence-electron chi connectivity index (χ4n) is 0.881.